The maximum absolute atomic E-state index is 12.1. The van der Waals surface area contributed by atoms with Crippen LogP contribution < -0.4 is 0 Å². The van der Waals surface area contributed by atoms with Crippen molar-refractivity contribution < 1.29 is 9.21 Å². The number of hydrogen-bond donors (Lipinski definition) is 0. The van der Waals surface area contributed by atoms with Crippen LogP contribution in [-0.4, -0.2) is 51.7 Å². The molecule has 6 nitrogen and oxygen atoms in total. The number of hydrogen-bond acceptors (Lipinski definition) is 4. The Morgan fingerprint density at radius 2 is 2.15 bits per heavy atom. The third kappa shape index (κ3) is 2.75. The largest absolute Gasteiger partial charge is 0.459 e. The number of aromatic nitrogens is 2. The molecule has 1 aliphatic rings. The van der Waals surface area contributed by atoms with Crippen LogP contribution in [0.15, 0.2) is 35.2 Å². The Bertz CT molecular complexity index is 568. The highest BCUT2D eigenvalue weighted by Gasteiger charge is 2.23. The summed E-state index contributed by atoms with van der Waals surface area (Å²) in [6.45, 7) is 4.11. The average Bonchev–Trinajstić information content (AvgIpc) is 3.11. The van der Waals surface area contributed by atoms with Crippen LogP contribution >= 0.6 is 0 Å². The van der Waals surface area contributed by atoms with Crippen LogP contribution in [0.1, 0.15) is 16.1 Å². The van der Waals surface area contributed by atoms with Gasteiger partial charge in [-0.3, -0.25) is 14.4 Å². The number of amides is 1. The van der Waals surface area contributed by atoms with Crippen LogP contribution in [0.3, 0.4) is 0 Å². The first-order valence-corrected chi connectivity index (χ1v) is 6.75. The SMILES string of the molecule is Cn1cc(CN2CCN(C(=O)c3ccco3)CC2)cn1. The number of aryl methyl sites for hydroxylation is 1. The normalized spacial score (nSPS) is 16.6. The molecule has 2 aromatic rings. The molecule has 0 radical (unpaired) electrons. The molecule has 106 valence electrons. The van der Waals surface area contributed by atoms with Gasteiger partial charge < -0.3 is 9.32 Å². The highest BCUT2D eigenvalue weighted by atomic mass is 16.3. The number of nitrogens with zero attached hydrogens (tertiary/aromatic N) is 4. The van der Waals surface area contributed by atoms with Crippen LogP contribution in [0.5, 0.6) is 0 Å². The predicted molar refractivity (Wildman–Crippen MR) is 73.1 cm³/mol. The van der Waals surface area contributed by atoms with Crippen LogP contribution in [0.2, 0.25) is 0 Å². The van der Waals surface area contributed by atoms with E-state index >= 15 is 0 Å². The van der Waals surface area contributed by atoms with E-state index in [0.29, 0.717) is 5.76 Å². The van der Waals surface area contributed by atoms with Gasteiger partial charge in [0, 0.05) is 51.5 Å². The van der Waals surface area contributed by atoms with Crippen molar-refractivity contribution >= 4 is 5.91 Å². The molecular formula is C14H18N4O2. The fraction of sp³-hybridized carbons (Fsp3) is 0.429. The second-order valence-electron chi connectivity index (χ2n) is 5.07. The molecule has 0 spiro atoms. The van der Waals surface area contributed by atoms with Crippen LogP contribution in [0.4, 0.5) is 0 Å². The molecule has 6 heteroatoms. The topological polar surface area (TPSA) is 54.5 Å². The van der Waals surface area contributed by atoms with E-state index in [-0.39, 0.29) is 5.91 Å². The molecule has 3 heterocycles. The molecular weight excluding hydrogens is 256 g/mol. The van der Waals surface area contributed by atoms with Gasteiger partial charge in [0.05, 0.1) is 12.5 Å². The number of piperazine rings is 1. The predicted octanol–water partition coefficient (Wildman–Crippen LogP) is 0.971. The van der Waals surface area contributed by atoms with Gasteiger partial charge in [-0.05, 0) is 12.1 Å². The fourth-order valence-corrected chi connectivity index (χ4v) is 2.48. The first-order valence-electron chi connectivity index (χ1n) is 6.75. The van der Waals surface area contributed by atoms with Crippen molar-refractivity contribution in [2.75, 3.05) is 26.2 Å². The molecule has 2 aromatic heterocycles. The lowest BCUT2D eigenvalue weighted by molar-refractivity contribution is 0.0598. The third-order valence-electron chi connectivity index (χ3n) is 3.56. The fourth-order valence-electron chi connectivity index (χ4n) is 2.48. The lowest BCUT2D eigenvalue weighted by atomic mass is 10.2. The summed E-state index contributed by atoms with van der Waals surface area (Å²) in [5, 5.41) is 4.17. The minimum absolute atomic E-state index is 0.0176. The van der Waals surface area contributed by atoms with Crippen molar-refractivity contribution in [2.24, 2.45) is 7.05 Å². The lowest BCUT2D eigenvalue weighted by Gasteiger charge is -2.34. The van der Waals surface area contributed by atoms with E-state index in [4.69, 9.17) is 4.42 Å². The maximum atomic E-state index is 12.1. The second kappa shape index (κ2) is 5.50. The molecule has 0 aliphatic carbocycles. The minimum atomic E-state index is -0.0176. The van der Waals surface area contributed by atoms with Crippen LogP contribution in [0.25, 0.3) is 0 Å². The highest BCUT2D eigenvalue weighted by Crippen LogP contribution is 2.11. The summed E-state index contributed by atoms with van der Waals surface area (Å²) in [7, 11) is 1.92. The van der Waals surface area contributed by atoms with E-state index in [1.165, 1.54) is 11.8 Å². The van der Waals surface area contributed by atoms with Crippen LogP contribution in [0, 0.1) is 0 Å². The number of carbonyl (C=O) groups is 1. The monoisotopic (exact) mass is 274 g/mol. The molecule has 1 aliphatic heterocycles. The first-order chi connectivity index (χ1) is 9.72. The maximum Gasteiger partial charge on any atom is 0.289 e. The van der Waals surface area contributed by atoms with Crippen molar-refractivity contribution in [1.82, 2.24) is 19.6 Å². The molecule has 1 amide bonds. The molecule has 1 fully saturated rings. The summed E-state index contributed by atoms with van der Waals surface area (Å²) in [6, 6.07) is 3.45. The van der Waals surface area contributed by atoms with Crippen LogP contribution in [-0.2, 0) is 13.6 Å². The third-order valence-corrected chi connectivity index (χ3v) is 3.56. The van der Waals surface area contributed by atoms with Crippen molar-refractivity contribution in [1.29, 1.82) is 0 Å². The zero-order chi connectivity index (χ0) is 13.9. The highest BCUT2D eigenvalue weighted by molar-refractivity contribution is 5.91. The van der Waals surface area contributed by atoms with Gasteiger partial charge in [-0.25, -0.2) is 0 Å². The molecule has 20 heavy (non-hydrogen) atoms. The van der Waals surface area contributed by atoms with Gasteiger partial charge in [0.1, 0.15) is 0 Å². The second-order valence-corrected chi connectivity index (χ2v) is 5.07. The summed E-state index contributed by atoms with van der Waals surface area (Å²) in [4.78, 5) is 16.3. The molecule has 0 N–H and O–H groups in total. The number of furan rings is 1. The Kier molecular flexibility index (Phi) is 3.56. The van der Waals surface area contributed by atoms with E-state index in [1.54, 1.807) is 12.1 Å². The van der Waals surface area contributed by atoms with E-state index in [1.807, 2.05) is 29.0 Å². The smallest absolute Gasteiger partial charge is 0.289 e. The van der Waals surface area contributed by atoms with E-state index in [0.717, 1.165) is 32.7 Å². The Balaban J connectivity index is 1.53. The Hall–Kier alpha value is -2.08. The summed E-state index contributed by atoms with van der Waals surface area (Å²) >= 11 is 0. The van der Waals surface area contributed by atoms with Gasteiger partial charge >= 0.3 is 0 Å². The Morgan fingerprint density at radius 3 is 2.75 bits per heavy atom. The quantitative estimate of drug-likeness (QED) is 0.837. The summed E-state index contributed by atoms with van der Waals surface area (Å²) in [5.74, 6) is 0.404. The van der Waals surface area contributed by atoms with Gasteiger partial charge in [-0.15, -0.1) is 0 Å². The van der Waals surface area contributed by atoms with E-state index in [9.17, 15) is 4.79 Å². The number of carbonyl (C=O) groups excluding carboxylic acids is 1. The first kappa shape index (κ1) is 12.9. The van der Waals surface area contributed by atoms with Gasteiger partial charge in [-0.2, -0.15) is 5.10 Å². The molecule has 3 rings (SSSR count). The molecule has 0 saturated carbocycles. The minimum Gasteiger partial charge on any atom is -0.459 e. The van der Waals surface area contributed by atoms with Gasteiger partial charge in [0.2, 0.25) is 0 Å². The molecule has 1 saturated heterocycles. The summed E-state index contributed by atoms with van der Waals surface area (Å²) < 4.78 is 6.97. The molecule has 0 bridgehead atoms. The average molecular weight is 274 g/mol. The van der Waals surface area contributed by atoms with E-state index < -0.39 is 0 Å². The standard InChI is InChI=1S/C14H18N4O2/c1-16-10-12(9-15-16)11-17-4-6-18(7-5-17)14(19)13-3-2-8-20-13/h2-3,8-10H,4-7,11H2,1H3. The Morgan fingerprint density at radius 1 is 1.35 bits per heavy atom. The summed E-state index contributed by atoms with van der Waals surface area (Å²) in [5.41, 5.74) is 1.21. The molecule has 0 atom stereocenters. The van der Waals surface area contributed by atoms with Gasteiger partial charge in [-0.1, -0.05) is 0 Å². The van der Waals surface area contributed by atoms with Crippen molar-refractivity contribution in [2.45, 2.75) is 6.54 Å². The Labute approximate surface area is 117 Å². The van der Waals surface area contributed by atoms with E-state index in [2.05, 4.69) is 10.00 Å². The molecule has 0 unspecified atom stereocenters. The summed E-state index contributed by atoms with van der Waals surface area (Å²) in [6.07, 6.45) is 5.45. The van der Waals surface area contributed by atoms with Gasteiger partial charge in [0.15, 0.2) is 5.76 Å². The van der Waals surface area contributed by atoms with Crippen molar-refractivity contribution in [3.63, 3.8) is 0 Å². The van der Waals surface area contributed by atoms with Gasteiger partial charge in [0.25, 0.3) is 5.91 Å². The lowest BCUT2D eigenvalue weighted by Crippen LogP contribution is -2.48. The van der Waals surface area contributed by atoms with Crippen molar-refractivity contribution in [3.8, 4) is 0 Å². The van der Waals surface area contributed by atoms with Crippen molar-refractivity contribution in [3.05, 3.63) is 42.1 Å². The molecule has 0 aromatic carbocycles. The number of rotatable bonds is 3. The zero-order valence-electron chi connectivity index (χ0n) is 11.5. The zero-order valence-corrected chi connectivity index (χ0v) is 11.5.